The van der Waals surface area contributed by atoms with Gasteiger partial charge in [-0.25, -0.2) is 0 Å². The Morgan fingerprint density at radius 2 is 1.78 bits per heavy atom. The summed E-state index contributed by atoms with van der Waals surface area (Å²) in [6, 6.07) is 10.4. The monoisotopic (exact) mass is 372 g/mol. The third-order valence-electron chi connectivity index (χ3n) is 3.93. The number of hydrogen-bond acceptors (Lipinski definition) is 5. The van der Waals surface area contributed by atoms with Crippen LogP contribution in [0.15, 0.2) is 36.4 Å². The second-order valence-corrected chi connectivity index (χ2v) is 5.94. The average Bonchev–Trinajstić information content (AvgIpc) is 2.67. The lowest BCUT2D eigenvalue weighted by Gasteiger charge is -2.13. The van der Waals surface area contributed by atoms with Gasteiger partial charge in [0.05, 0.1) is 20.3 Å². The molecule has 0 bridgehead atoms. The van der Waals surface area contributed by atoms with E-state index >= 15 is 0 Å². The van der Waals surface area contributed by atoms with Crippen molar-refractivity contribution in [3.8, 4) is 11.5 Å². The van der Waals surface area contributed by atoms with Gasteiger partial charge >= 0.3 is 0 Å². The maximum Gasteiger partial charge on any atom is 0.251 e. The van der Waals surface area contributed by atoms with Crippen LogP contribution in [0, 0.1) is 13.8 Å². The standard InChI is InChI=1S/C20H24N2O5/c1-13-5-4-6-14(2)19(13)22-18(24)12-21-20(25)15-7-8-16(26-3)17(11-15)27-10-9-23/h4-8,11,23H,9-10,12H2,1-3H3,(H,21,25)(H,22,24). The molecule has 0 saturated carbocycles. The third kappa shape index (κ3) is 5.46. The number of amides is 2. The van der Waals surface area contributed by atoms with Crippen molar-refractivity contribution in [3.05, 3.63) is 53.1 Å². The molecule has 0 aliphatic carbocycles. The third-order valence-corrected chi connectivity index (χ3v) is 3.93. The fourth-order valence-corrected chi connectivity index (χ4v) is 2.54. The molecule has 2 rings (SSSR count). The fourth-order valence-electron chi connectivity index (χ4n) is 2.54. The minimum Gasteiger partial charge on any atom is -0.493 e. The zero-order valence-electron chi connectivity index (χ0n) is 15.7. The Morgan fingerprint density at radius 1 is 1.07 bits per heavy atom. The number of aryl methyl sites for hydroxylation is 2. The van der Waals surface area contributed by atoms with Gasteiger partial charge in [0, 0.05) is 11.3 Å². The van der Waals surface area contributed by atoms with Crippen LogP contribution in [0.25, 0.3) is 0 Å². The molecule has 0 radical (unpaired) electrons. The number of nitrogens with one attached hydrogen (secondary N) is 2. The molecule has 3 N–H and O–H groups in total. The predicted molar refractivity (Wildman–Crippen MR) is 102 cm³/mol. The fraction of sp³-hybridized carbons (Fsp3) is 0.300. The van der Waals surface area contributed by atoms with Crippen molar-refractivity contribution in [2.24, 2.45) is 0 Å². The topological polar surface area (TPSA) is 96.9 Å². The second-order valence-electron chi connectivity index (χ2n) is 5.94. The number of ether oxygens (including phenoxy) is 2. The highest BCUT2D eigenvalue weighted by Gasteiger charge is 2.13. The Balaban J connectivity index is 1.99. The van der Waals surface area contributed by atoms with Gasteiger partial charge in [0.15, 0.2) is 11.5 Å². The van der Waals surface area contributed by atoms with Crippen LogP contribution in [0.1, 0.15) is 21.5 Å². The molecule has 0 saturated heterocycles. The molecule has 0 aliphatic heterocycles. The maximum atomic E-state index is 12.3. The highest BCUT2D eigenvalue weighted by molar-refractivity contribution is 6.00. The van der Waals surface area contributed by atoms with Crippen LogP contribution in [0.2, 0.25) is 0 Å². The summed E-state index contributed by atoms with van der Waals surface area (Å²) in [5, 5.41) is 14.3. The molecule has 27 heavy (non-hydrogen) atoms. The molecule has 0 aromatic heterocycles. The van der Waals surface area contributed by atoms with Gasteiger partial charge in [-0.05, 0) is 43.2 Å². The lowest BCUT2D eigenvalue weighted by Crippen LogP contribution is -2.33. The van der Waals surface area contributed by atoms with Crippen molar-refractivity contribution in [2.75, 3.05) is 32.2 Å². The summed E-state index contributed by atoms with van der Waals surface area (Å²) >= 11 is 0. The van der Waals surface area contributed by atoms with Crippen LogP contribution < -0.4 is 20.1 Å². The smallest absolute Gasteiger partial charge is 0.251 e. The van der Waals surface area contributed by atoms with Gasteiger partial charge in [0.1, 0.15) is 6.61 Å². The van der Waals surface area contributed by atoms with Gasteiger partial charge in [0.25, 0.3) is 5.91 Å². The number of anilines is 1. The zero-order chi connectivity index (χ0) is 19.8. The van der Waals surface area contributed by atoms with E-state index in [0.717, 1.165) is 16.8 Å². The number of aliphatic hydroxyl groups is 1. The Kier molecular flexibility index (Phi) is 7.19. The molecule has 0 aliphatic rings. The number of rotatable bonds is 8. The lowest BCUT2D eigenvalue weighted by atomic mass is 10.1. The molecule has 2 amide bonds. The first-order valence-corrected chi connectivity index (χ1v) is 8.52. The first-order valence-electron chi connectivity index (χ1n) is 8.52. The summed E-state index contributed by atoms with van der Waals surface area (Å²) < 4.78 is 10.5. The van der Waals surface area contributed by atoms with Crippen molar-refractivity contribution < 1.29 is 24.2 Å². The number of carbonyl (C=O) groups excluding carboxylic acids is 2. The Bertz CT molecular complexity index is 800. The largest absolute Gasteiger partial charge is 0.493 e. The van der Waals surface area contributed by atoms with E-state index in [9.17, 15) is 9.59 Å². The maximum absolute atomic E-state index is 12.3. The van der Waals surface area contributed by atoms with Crippen LogP contribution in [0.5, 0.6) is 11.5 Å². The van der Waals surface area contributed by atoms with Gasteiger partial charge in [-0.2, -0.15) is 0 Å². The number of carbonyl (C=O) groups is 2. The Morgan fingerprint density at radius 3 is 2.41 bits per heavy atom. The highest BCUT2D eigenvalue weighted by Crippen LogP contribution is 2.28. The van der Waals surface area contributed by atoms with E-state index in [-0.39, 0.29) is 25.7 Å². The second kappa shape index (κ2) is 9.59. The molecule has 144 valence electrons. The van der Waals surface area contributed by atoms with Crippen LogP contribution in [-0.4, -0.2) is 43.8 Å². The average molecular weight is 372 g/mol. The summed E-state index contributed by atoms with van der Waals surface area (Å²) in [4.78, 5) is 24.5. The van der Waals surface area contributed by atoms with E-state index in [1.165, 1.54) is 13.2 Å². The summed E-state index contributed by atoms with van der Waals surface area (Å²) in [6.45, 7) is 3.59. The van der Waals surface area contributed by atoms with Crippen molar-refractivity contribution >= 4 is 17.5 Å². The van der Waals surface area contributed by atoms with Crippen molar-refractivity contribution in [1.82, 2.24) is 5.32 Å². The molecule has 0 fully saturated rings. The molecule has 0 heterocycles. The van der Waals surface area contributed by atoms with Crippen LogP contribution in [0.4, 0.5) is 5.69 Å². The van der Waals surface area contributed by atoms with Gasteiger partial charge in [0.2, 0.25) is 5.91 Å². The minimum atomic E-state index is -0.414. The first-order chi connectivity index (χ1) is 13.0. The Labute approximate surface area is 158 Å². The van der Waals surface area contributed by atoms with E-state index in [2.05, 4.69) is 10.6 Å². The number of para-hydroxylation sites is 1. The molecular weight excluding hydrogens is 348 g/mol. The van der Waals surface area contributed by atoms with Crippen molar-refractivity contribution in [2.45, 2.75) is 13.8 Å². The van der Waals surface area contributed by atoms with E-state index in [4.69, 9.17) is 14.6 Å². The normalized spacial score (nSPS) is 10.2. The minimum absolute atomic E-state index is 0.0830. The molecule has 7 nitrogen and oxygen atoms in total. The molecule has 7 heteroatoms. The number of benzene rings is 2. The summed E-state index contributed by atoms with van der Waals surface area (Å²) in [7, 11) is 1.48. The van der Waals surface area contributed by atoms with Gasteiger partial charge < -0.3 is 25.2 Å². The number of methoxy groups -OCH3 is 1. The molecule has 2 aromatic carbocycles. The van der Waals surface area contributed by atoms with Gasteiger partial charge in [-0.3, -0.25) is 9.59 Å². The van der Waals surface area contributed by atoms with E-state index in [0.29, 0.717) is 17.1 Å². The van der Waals surface area contributed by atoms with Gasteiger partial charge in [-0.1, -0.05) is 18.2 Å². The van der Waals surface area contributed by atoms with Crippen LogP contribution in [-0.2, 0) is 4.79 Å². The Hall–Kier alpha value is -3.06. The number of hydrogen-bond donors (Lipinski definition) is 3. The summed E-state index contributed by atoms with van der Waals surface area (Å²) in [6.07, 6.45) is 0. The van der Waals surface area contributed by atoms with E-state index in [1.54, 1.807) is 12.1 Å². The van der Waals surface area contributed by atoms with Crippen molar-refractivity contribution in [1.29, 1.82) is 0 Å². The van der Waals surface area contributed by atoms with Crippen molar-refractivity contribution in [3.63, 3.8) is 0 Å². The number of aliphatic hydroxyl groups excluding tert-OH is 1. The molecule has 0 atom stereocenters. The highest BCUT2D eigenvalue weighted by atomic mass is 16.5. The SMILES string of the molecule is COc1ccc(C(=O)NCC(=O)Nc2c(C)cccc2C)cc1OCCO. The first kappa shape index (κ1) is 20.3. The quantitative estimate of drug-likeness (QED) is 0.659. The molecular formula is C20H24N2O5. The predicted octanol–water partition coefficient (Wildman–Crippen LogP) is 2.05. The molecule has 0 unspecified atom stereocenters. The molecule has 2 aromatic rings. The summed E-state index contributed by atoms with van der Waals surface area (Å²) in [5.41, 5.74) is 2.98. The van der Waals surface area contributed by atoms with Crippen LogP contribution in [0.3, 0.4) is 0 Å². The lowest BCUT2D eigenvalue weighted by molar-refractivity contribution is -0.115. The van der Waals surface area contributed by atoms with E-state index < -0.39 is 5.91 Å². The molecule has 0 spiro atoms. The summed E-state index contributed by atoms with van der Waals surface area (Å²) in [5.74, 6) is 0.0705. The van der Waals surface area contributed by atoms with Gasteiger partial charge in [-0.15, -0.1) is 0 Å². The van der Waals surface area contributed by atoms with E-state index in [1.807, 2.05) is 32.0 Å². The van der Waals surface area contributed by atoms with Crippen LogP contribution >= 0.6 is 0 Å². The zero-order valence-corrected chi connectivity index (χ0v) is 15.7.